The third-order valence-electron chi connectivity index (χ3n) is 2.38. The highest BCUT2D eigenvalue weighted by molar-refractivity contribution is 5.82. The predicted octanol–water partition coefficient (Wildman–Crippen LogP) is 3.29. The molecule has 0 saturated heterocycles. The van der Waals surface area contributed by atoms with Crippen molar-refractivity contribution < 1.29 is 4.42 Å². The molecule has 0 atom stereocenters. The van der Waals surface area contributed by atoms with Crippen molar-refractivity contribution in [3.8, 4) is 11.1 Å². The maximum Gasteiger partial charge on any atom is 0.135 e. The quantitative estimate of drug-likeness (QED) is 0.594. The molecule has 0 fully saturated rings. The van der Waals surface area contributed by atoms with Crippen LogP contribution in [0.15, 0.2) is 53.4 Å². The van der Waals surface area contributed by atoms with Gasteiger partial charge in [0.2, 0.25) is 0 Å². The minimum atomic E-state index is 0.858. The van der Waals surface area contributed by atoms with Crippen LogP contribution >= 0.6 is 0 Å². The fourth-order valence-corrected chi connectivity index (χ4v) is 1.61. The summed E-state index contributed by atoms with van der Waals surface area (Å²) in [7, 11) is 0. The molecule has 2 nitrogen and oxygen atoms in total. The first-order valence-corrected chi connectivity index (χ1v) is 4.73. The van der Waals surface area contributed by atoms with Gasteiger partial charge in [-0.25, -0.2) is 0 Å². The summed E-state index contributed by atoms with van der Waals surface area (Å²) in [6, 6.07) is 13.0. The molecule has 0 aliphatic carbocycles. The molecule has 15 heavy (non-hydrogen) atoms. The number of benzene rings is 1. The summed E-state index contributed by atoms with van der Waals surface area (Å²) in [6.07, 6.45) is 5.19. The Kier molecular flexibility index (Phi) is 1.78. The second-order valence-electron chi connectivity index (χ2n) is 3.33. The number of furan rings is 1. The lowest BCUT2D eigenvalue weighted by atomic mass is 10.1. The minimum absolute atomic E-state index is 0.858. The maximum atomic E-state index is 5.30. The van der Waals surface area contributed by atoms with Crippen molar-refractivity contribution in [3.05, 3.63) is 55.1 Å². The number of hydrogen-bond acceptors (Lipinski definition) is 2. The smallest absolute Gasteiger partial charge is 0.135 e. The molecule has 0 saturated carbocycles. The zero-order chi connectivity index (χ0) is 10.1. The molecular weight excluding hydrogens is 186 g/mol. The summed E-state index contributed by atoms with van der Waals surface area (Å²) in [6.45, 7) is 0. The highest BCUT2D eigenvalue weighted by atomic mass is 16.3. The van der Waals surface area contributed by atoms with Crippen molar-refractivity contribution in [1.29, 1.82) is 0 Å². The molecule has 71 valence electrons. The Labute approximate surface area is 87.2 Å². The van der Waals surface area contributed by atoms with E-state index in [4.69, 9.17) is 4.42 Å². The number of aromatic nitrogens is 1. The van der Waals surface area contributed by atoms with E-state index in [1.54, 1.807) is 12.5 Å². The fourth-order valence-electron chi connectivity index (χ4n) is 1.61. The average Bonchev–Trinajstić information content (AvgIpc) is 2.77. The van der Waals surface area contributed by atoms with Gasteiger partial charge in [-0.05, 0) is 23.8 Å². The lowest BCUT2D eigenvalue weighted by molar-refractivity contribution is 0.615. The Hall–Kier alpha value is -2.09. The molecule has 1 aromatic carbocycles. The van der Waals surface area contributed by atoms with Crippen molar-refractivity contribution in [2.24, 2.45) is 0 Å². The largest absolute Gasteiger partial charge is 0.464 e. The van der Waals surface area contributed by atoms with Gasteiger partial charge in [0.15, 0.2) is 0 Å². The first-order chi connectivity index (χ1) is 7.43. The predicted molar refractivity (Wildman–Crippen MR) is 58.3 cm³/mol. The van der Waals surface area contributed by atoms with Crippen molar-refractivity contribution in [2.75, 3.05) is 0 Å². The molecule has 0 N–H and O–H groups in total. The third kappa shape index (κ3) is 1.40. The van der Waals surface area contributed by atoms with E-state index in [9.17, 15) is 0 Å². The normalized spacial score (nSPS) is 10.7. The first kappa shape index (κ1) is 8.24. The van der Waals surface area contributed by atoms with E-state index in [1.807, 2.05) is 36.5 Å². The molecule has 2 heterocycles. The highest BCUT2D eigenvalue weighted by Crippen LogP contribution is 2.23. The summed E-state index contributed by atoms with van der Waals surface area (Å²) in [5.41, 5.74) is 3.06. The Balaban J connectivity index is 2.19. The van der Waals surface area contributed by atoms with Crippen LogP contribution in [0, 0.1) is 6.07 Å². The van der Waals surface area contributed by atoms with Gasteiger partial charge in [-0.1, -0.05) is 12.1 Å². The van der Waals surface area contributed by atoms with Crippen LogP contribution in [0.1, 0.15) is 0 Å². The van der Waals surface area contributed by atoms with Crippen molar-refractivity contribution in [2.45, 2.75) is 0 Å². The van der Waals surface area contributed by atoms with E-state index in [0.717, 1.165) is 22.1 Å². The van der Waals surface area contributed by atoms with Gasteiger partial charge in [0, 0.05) is 29.4 Å². The van der Waals surface area contributed by atoms with Crippen LogP contribution in [0.2, 0.25) is 0 Å². The molecule has 3 rings (SSSR count). The molecule has 0 spiro atoms. The molecule has 0 bridgehead atoms. The number of hydrogen-bond donors (Lipinski definition) is 0. The van der Waals surface area contributed by atoms with Gasteiger partial charge in [-0.3, -0.25) is 4.98 Å². The lowest BCUT2D eigenvalue weighted by Crippen LogP contribution is -1.78. The molecule has 0 unspecified atom stereocenters. The molecule has 0 aliphatic rings. The van der Waals surface area contributed by atoms with Crippen LogP contribution in [0.5, 0.6) is 0 Å². The Bertz CT molecular complexity index is 584. The molecule has 0 amide bonds. The van der Waals surface area contributed by atoms with Crippen molar-refractivity contribution >= 4 is 11.0 Å². The summed E-state index contributed by atoms with van der Waals surface area (Å²) in [5, 5.41) is 1.00. The van der Waals surface area contributed by atoms with E-state index in [-0.39, 0.29) is 0 Å². The van der Waals surface area contributed by atoms with Gasteiger partial charge in [-0.2, -0.15) is 0 Å². The molecular formula is C13H8NO. The SMILES string of the molecule is [c]1coc2cc(-c3cccnc3)ccc12. The van der Waals surface area contributed by atoms with Crippen LogP contribution in [0.4, 0.5) is 0 Å². The number of pyridine rings is 1. The molecule has 3 aromatic rings. The summed E-state index contributed by atoms with van der Waals surface area (Å²) in [4.78, 5) is 4.09. The Morgan fingerprint density at radius 2 is 2.13 bits per heavy atom. The molecule has 2 aromatic heterocycles. The highest BCUT2D eigenvalue weighted by Gasteiger charge is 2.01. The van der Waals surface area contributed by atoms with Gasteiger partial charge < -0.3 is 4.42 Å². The number of fused-ring (bicyclic) bond motifs is 1. The van der Waals surface area contributed by atoms with Gasteiger partial charge in [-0.15, -0.1) is 0 Å². The second-order valence-corrected chi connectivity index (χ2v) is 3.33. The van der Waals surface area contributed by atoms with Crippen LogP contribution in [0.25, 0.3) is 22.1 Å². The van der Waals surface area contributed by atoms with Crippen LogP contribution in [-0.4, -0.2) is 4.98 Å². The monoisotopic (exact) mass is 194 g/mol. The van der Waals surface area contributed by atoms with Crippen LogP contribution in [0.3, 0.4) is 0 Å². The van der Waals surface area contributed by atoms with Gasteiger partial charge in [0.25, 0.3) is 0 Å². The summed E-state index contributed by atoms with van der Waals surface area (Å²) < 4.78 is 5.30. The van der Waals surface area contributed by atoms with Crippen LogP contribution in [-0.2, 0) is 0 Å². The van der Waals surface area contributed by atoms with E-state index in [0.29, 0.717) is 0 Å². The van der Waals surface area contributed by atoms with E-state index >= 15 is 0 Å². The maximum absolute atomic E-state index is 5.30. The first-order valence-electron chi connectivity index (χ1n) is 4.73. The van der Waals surface area contributed by atoms with Crippen molar-refractivity contribution in [3.63, 3.8) is 0 Å². The molecule has 0 aliphatic heterocycles. The van der Waals surface area contributed by atoms with E-state index in [2.05, 4.69) is 11.1 Å². The molecule has 2 heteroatoms. The van der Waals surface area contributed by atoms with Gasteiger partial charge in [0.05, 0.1) is 6.26 Å². The number of rotatable bonds is 1. The standard InChI is InChI=1S/C13H8NO/c1-2-12(9-14-6-1)11-4-3-10-5-7-15-13(10)8-11/h1-4,6-9H. The van der Waals surface area contributed by atoms with Crippen LogP contribution < -0.4 is 0 Å². The van der Waals surface area contributed by atoms with E-state index in [1.165, 1.54) is 0 Å². The average molecular weight is 194 g/mol. The zero-order valence-corrected chi connectivity index (χ0v) is 7.97. The summed E-state index contributed by atoms with van der Waals surface area (Å²) in [5.74, 6) is 0. The Morgan fingerprint density at radius 1 is 1.13 bits per heavy atom. The van der Waals surface area contributed by atoms with E-state index < -0.39 is 0 Å². The Morgan fingerprint density at radius 3 is 3.00 bits per heavy atom. The minimum Gasteiger partial charge on any atom is -0.464 e. The molecule has 1 radical (unpaired) electrons. The third-order valence-corrected chi connectivity index (χ3v) is 2.38. The van der Waals surface area contributed by atoms with Gasteiger partial charge >= 0.3 is 0 Å². The zero-order valence-electron chi connectivity index (χ0n) is 7.97. The van der Waals surface area contributed by atoms with Gasteiger partial charge in [0.1, 0.15) is 5.58 Å². The number of nitrogens with zero attached hydrogens (tertiary/aromatic N) is 1. The lowest BCUT2D eigenvalue weighted by Gasteiger charge is -1.99. The van der Waals surface area contributed by atoms with Crippen molar-refractivity contribution in [1.82, 2.24) is 4.98 Å². The second kappa shape index (κ2) is 3.24. The summed E-state index contributed by atoms with van der Waals surface area (Å²) >= 11 is 0. The topological polar surface area (TPSA) is 26.0 Å². The fraction of sp³-hybridized carbons (Fsp3) is 0.